The molecule has 0 radical (unpaired) electrons. The van der Waals surface area contributed by atoms with Crippen molar-refractivity contribution in [1.82, 2.24) is 24.7 Å². The van der Waals surface area contributed by atoms with E-state index in [1.807, 2.05) is 33.9 Å². The molecule has 0 spiro atoms. The largest absolute Gasteiger partial charge is 0.337 e. The molecule has 29 heavy (non-hydrogen) atoms. The summed E-state index contributed by atoms with van der Waals surface area (Å²) in [5.41, 5.74) is 1.28. The second-order valence-corrected chi connectivity index (χ2v) is 7.66. The lowest BCUT2D eigenvalue weighted by atomic mass is 10.1. The highest BCUT2D eigenvalue weighted by Crippen LogP contribution is 2.20. The maximum absolute atomic E-state index is 13.0. The number of nitrogens with zero attached hydrogens (tertiary/aromatic N) is 4. The average molecular weight is 396 g/mol. The number of amides is 2. The Balaban J connectivity index is 1.31. The van der Waals surface area contributed by atoms with Crippen molar-refractivity contribution in [2.45, 2.75) is 25.4 Å². The zero-order valence-corrected chi connectivity index (χ0v) is 16.6. The third-order valence-electron chi connectivity index (χ3n) is 5.67. The summed E-state index contributed by atoms with van der Waals surface area (Å²) in [6.45, 7) is 6.28. The Bertz CT molecular complexity index is 831. The molecular formula is C21H28N6O2. The van der Waals surface area contributed by atoms with Crippen molar-refractivity contribution >= 4 is 17.5 Å². The SMILES string of the molecule is O=C(CCn1ccnc1)Nc1cccc(C(=O)N2CCC(N3CCNCC3)C2)c1. The lowest BCUT2D eigenvalue weighted by Crippen LogP contribution is -2.49. The molecule has 0 saturated carbocycles. The molecule has 1 unspecified atom stereocenters. The second kappa shape index (κ2) is 9.19. The number of benzene rings is 1. The van der Waals surface area contributed by atoms with E-state index in [2.05, 4.69) is 20.5 Å². The number of likely N-dealkylation sites (tertiary alicyclic amines) is 1. The lowest BCUT2D eigenvalue weighted by molar-refractivity contribution is -0.116. The molecule has 1 aromatic carbocycles. The highest BCUT2D eigenvalue weighted by atomic mass is 16.2. The van der Waals surface area contributed by atoms with E-state index in [1.54, 1.807) is 18.6 Å². The molecule has 2 saturated heterocycles. The van der Waals surface area contributed by atoms with Gasteiger partial charge < -0.3 is 20.1 Å². The van der Waals surface area contributed by atoms with Gasteiger partial charge in [-0.3, -0.25) is 14.5 Å². The molecule has 4 rings (SSSR count). The summed E-state index contributed by atoms with van der Waals surface area (Å²) in [7, 11) is 0. The van der Waals surface area contributed by atoms with Crippen LogP contribution >= 0.6 is 0 Å². The Hall–Kier alpha value is -2.71. The molecule has 154 valence electrons. The third-order valence-corrected chi connectivity index (χ3v) is 5.67. The lowest BCUT2D eigenvalue weighted by Gasteiger charge is -2.32. The molecule has 1 atom stereocenters. The minimum Gasteiger partial charge on any atom is -0.337 e. The van der Waals surface area contributed by atoms with E-state index in [-0.39, 0.29) is 11.8 Å². The number of imidazole rings is 1. The van der Waals surface area contributed by atoms with Gasteiger partial charge in [0.25, 0.3) is 5.91 Å². The molecule has 2 N–H and O–H groups in total. The number of nitrogens with one attached hydrogen (secondary N) is 2. The van der Waals surface area contributed by atoms with Crippen molar-refractivity contribution in [1.29, 1.82) is 0 Å². The topological polar surface area (TPSA) is 82.5 Å². The molecule has 1 aromatic heterocycles. The van der Waals surface area contributed by atoms with Crippen LogP contribution in [0.25, 0.3) is 0 Å². The van der Waals surface area contributed by atoms with Gasteiger partial charge in [0.2, 0.25) is 5.91 Å². The predicted molar refractivity (Wildman–Crippen MR) is 111 cm³/mol. The summed E-state index contributed by atoms with van der Waals surface area (Å²) < 4.78 is 1.86. The first kappa shape index (κ1) is 19.6. The standard InChI is InChI=1S/C21H28N6O2/c28-20(5-9-25-11-6-23-16-25)24-18-3-1-2-17(14-18)21(29)27-10-4-19(15-27)26-12-7-22-8-13-26/h1-3,6,11,14,16,19,22H,4-5,7-10,12-13,15H2,(H,24,28). The number of rotatable bonds is 6. The summed E-state index contributed by atoms with van der Waals surface area (Å²) in [6, 6.07) is 7.69. The molecule has 2 fully saturated rings. The second-order valence-electron chi connectivity index (χ2n) is 7.66. The van der Waals surface area contributed by atoms with Crippen LogP contribution in [-0.4, -0.2) is 76.5 Å². The van der Waals surface area contributed by atoms with Gasteiger partial charge in [-0.2, -0.15) is 0 Å². The van der Waals surface area contributed by atoms with E-state index in [1.165, 1.54) is 0 Å². The van der Waals surface area contributed by atoms with E-state index in [4.69, 9.17) is 0 Å². The molecule has 2 aliphatic heterocycles. The molecule has 0 aliphatic carbocycles. The molecule has 0 bridgehead atoms. The van der Waals surface area contributed by atoms with Crippen molar-refractivity contribution in [2.24, 2.45) is 0 Å². The first-order valence-corrected chi connectivity index (χ1v) is 10.3. The quantitative estimate of drug-likeness (QED) is 0.762. The first-order chi connectivity index (χ1) is 14.2. The highest BCUT2D eigenvalue weighted by molar-refractivity contribution is 5.97. The first-order valence-electron chi connectivity index (χ1n) is 10.3. The summed E-state index contributed by atoms with van der Waals surface area (Å²) >= 11 is 0. The van der Waals surface area contributed by atoms with Crippen LogP contribution in [0.4, 0.5) is 5.69 Å². The zero-order valence-electron chi connectivity index (χ0n) is 16.6. The molecular weight excluding hydrogens is 368 g/mol. The molecule has 2 aliphatic rings. The Labute approximate surface area is 170 Å². The van der Waals surface area contributed by atoms with Crippen LogP contribution in [0.3, 0.4) is 0 Å². The van der Waals surface area contributed by atoms with E-state index >= 15 is 0 Å². The maximum Gasteiger partial charge on any atom is 0.253 e. The summed E-state index contributed by atoms with van der Waals surface area (Å²) in [5, 5.41) is 6.27. The van der Waals surface area contributed by atoms with Gasteiger partial charge in [0.15, 0.2) is 0 Å². The summed E-state index contributed by atoms with van der Waals surface area (Å²) in [5.74, 6) is -0.0413. The van der Waals surface area contributed by atoms with E-state index in [9.17, 15) is 9.59 Å². The number of aromatic nitrogens is 2. The molecule has 3 heterocycles. The Morgan fingerprint density at radius 2 is 2.07 bits per heavy atom. The van der Waals surface area contributed by atoms with Gasteiger partial charge in [-0.1, -0.05) is 6.07 Å². The number of carbonyl (C=O) groups is 2. The van der Waals surface area contributed by atoms with Gasteiger partial charge in [-0.05, 0) is 24.6 Å². The Kier molecular flexibility index (Phi) is 6.21. The van der Waals surface area contributed by atoms with Gasteiger partial charge in [0, 0.05) is 81.9 Å². The zero-order chi connectivity index (χ0) is 20.1. The van der Waals surface area contributed by atoms with Crippen molar-refractivity contribution in [3.63, 3.8) is 0 Å². The molecule has 2 aromatic rings. The normalized spacial score (nSPS) is 20.0. The fourth-order valence-electron chi connectivity index (χ4n) is 4.06. The average Bonchev–Trinajstić information content (AvgIpc) is 3.45. The molecule has 2 amide bonds. The highest BCUT2D eigenvalue weighted by Gasteiger charge is 2.31. The fourth-order valence-corrected chi connectivity index (χ4v) is 4.06. The van der Waals surface area contributed by atoms with Crippen molar-refractivity contribution in [2.75, 3.05) is 44.6 Å². The van der Waals surface area contributed by atoms with E-state index in [0.29, 0.717) is 30.3 Å². The number of piperazine rings is 1. The summed E-state index contributed by atoms with van der Waals surface area (Å²) in [6.07, 6.45) is 6.59. The number of carbonyl (C=O) groups excluding carboxylic acids is 2. The fraction of sp³-hybridized carbons (Fsp3) is 0.476. The smallest absolute Gasteiger partial charge is 0.253 e. The van der Waals surface area contributed by atoms with Crippen LogP contribution in [0.1, 0.15) is 23.2 Å². The number of hydrogen-bond donors (Lipinski definition) is 2. The molecule has 8 heteroatoms. The predicted octanol–water partition coefficient (Wildman–Crippen LogP) is 1.03. The Morgan fingerprint density at radius 1 is 1.21 bits per heavy atom. The molecule has 8 nitrogen and oxygen atoms in total. The van der Waals surface area contributed by atoms with Gasteiger partial charge in [-0.25, -0.2) is 4.98 Å². The van der Waals surface area contributed by atoms with Crippen molar-refractivity contribution in [3.05, 3.63) is 48.5 Å². The van der Waals surface area contributed by atoms with E-state index < -0.39 is 0 Å². The van der Waals surface area contributed by atoms with Crippen molar-refractivity contribution < 1.29 is 9.59 Å². The van der Waals surface area contributed by atoms with Gasteiger partial charge in [0.1, 0.15) is 0 Å². The van der Waals surface area contributed by atoms with Gasteiger partial charge in [-0.15, -0.1) is 0 Å². The van der Waals surface area contributed by atoms with Crippen LogP contribution < -0.4 is 10.6 Å². The minimum absolute atomic E-state index is 0.0390. The van der Waals surface area contributed by atoms with Gasteiger partial charge >= 0.3 is 0 Å². The Morgan fingerprint density at radius 3 is 2.86 bits per heavy atom. The monoisotopic (exact) mass is 396 g/mol. The van der Waals surface area contributed by atoms with E-state index in [0.717, 1.165) is 45.7 Å². The van der Waals surface area contributed by atoms with Crippen LogP contribution in [0, 0.1) is 0 Å². The van der Waals surface area contributed by atoms with Crippen molar-refractivity contribution in [3.8, 4) is 0 Å². The number of aryl methyl sites for hydroxylation is 1. The van der Waals surface area contributed by atoms with Gasteiger partial charge in [0.05, 0.1) is 6.33 Å². The van der Waals surface area contributed by atoms with Crippen LogP contribution in [0.5, 0.6) is 0 Å². The van der Waals surface area contributed by atoms with Crippen LogP contribution in [0.15, 0.2) is 43.0 Å². The third kappa shape index (κ3) is 5.02. The minimum atomic E-state index is -0.0803. The van der Waals surface area contributed by atoms with Crippen LogP contribution in [-0.2, 0) is 11.3 Å². The summed E-state index contributed by atoms with van der Waals surface area (Å²) in [4.78, 5) is 33.6. The number of anilines is 1. The maximum atomic E-state index is 13.0. The van der Waals surface area contributed by atoms with Crippen LogP contribution in [0.2, 0.25) is 0 Å². The number of hydrogen-bond acceptors (Lipinski definition) is 5.